The number of nitrogens with zero attached hydrogens (tertiary/aromatic N) is 1. The highest BCUT2D eigenvalue weighted by molar-refractivity contribution is 6.33. The highest BCUT2D eigenvalue weighted by atomic mass is 35.5. The smallest absolute Gasteiger partial charge is 0.255 e. The molecule has 0 aliphatic carbocycles. The fourth-order valence-electron chi connectivity index (χ4n) is 2.77. The normalized spacial score (nSPS) is 18.5. The maximum Gasteiger partial charge on any atom is 0.255 e. The van der Waals surface area contributed by atoms with Crippen LogP contribution in [0.4, 0.5) is 4.39 Å². The summed E-state index contributed by atoms with van der Waals surface area (Å²) in [4.78, 5) is 14.5. The first-order valence-corrected chi connectivity index (χ1v) is 7.94. The molecule has 1 atom stereocenters. The zero-order chi connectivity index (χ0) is 15.2. The number of amides is 1. The minimum Gasteiger partial charge on any atom is -0.338 e. The number of benzene rings is 1. The van der Waals surface area contributed by atoms with E-state index in [-0.39, 0.29) is 10.9 Å². The minimum absolute atomic E-state index is 0.104. The molecule has 1 N–H and O–H groups in total. The summed E-state index contributed by atoms with van der Waals surface area (Å²) in [5, 5.41) is 3.55. The first kappa shape index (κ1) is 16.2. The second-order valence-electron chi connectivity index (χ2n) is 5.59. The van der Waals surface area contributed by atoms with E-state index in [0.717, 1.165) is 38.9 Å². The van der Waals surface area contributed by atoms with Crippen LogP contribution in [0.3, 0.4) is 0 Å². The maximum atomic E-state index is 13.1. The molecule has 1 unspecified atom stereocenters. The molecule has 1 aromatic rings. The van der Waals surface area contributed by atoms with Crippen molar-refractivity contribution in [1.29, 1.82) is 0 Å². The van der Waals surface area contributed by atoms with Crippen molar-refractivity contribution in [2.45, 2.75) is 26.2 Å². The van der Waals surface area contributed by atoms with Crippen LogP contribution in [-0.4, -0.2) is 37.0 Å². The number of carbonyl (C=O) groups excluding carboxylic acids is 1. The molecular weight excluding hydrogens is 291 g/mol. The Morgan fingerprint density at radius 1 is 1.52 bits per heavy atom. The maximum absolute atomic E-state index is 13.1. The molecule has 2 rings (SSSR count). The molecule has 116 valence electrons. The fraction of sp³-hybridized carbons (Fsp3) is 0.562. The second-order valence-corrected chi connectivity index (χ2v) is 5.99. The van der Waals surface area contributed by atoms with Crippen molar-refractivity contribution in [1.82, 2.24) is 10.2 Å². The highest BCUT2D eigenvalue weighted by Crippen LogP contribution is 2.21. The highest BCUT2D eigenvalue weighted by Gasteiger charge is 2.22. The molecule has 0 radical (unpaired) electrons. The summed E-state index contributed by atoms with van der Waals surface area (Å²) < 4.78 is 13.1. The van der Waals surface area contributed by atoms with Crippen LogP contribution in [0.25, 0.3) is 0 Å². The topological polar surface area (TPSA) is 32.3 Å². The van der Waals surface area contributed by atoms with Gasteiger partial charge in [-0.25, -0.2) is 4.39 Å². The van der Waals surface area contributed by atoms with E-state index in [9.17, 15) is 9.18 Å². The third-order valence-corrected chi connectivity index (χ3v) is 4.13. The van der Waals surface area contributed by atoms with Gasteiger partial charge in [-0.3, -0.25) is 4.79 Å². The van der Waals surface area contributed by atoms with Gasteiger partial charge >= 0.3 is 0 Å². The van der Waals surface area contributed by atoms with Crippen molar-refractivity contribution in [3.8, 4) is 0 Å². The van der Waals surface area contributed by atoms with E-state index in [1.165, 1.54) is 18.2 Å². The molecule has 3 nitrogen and oxygen atoms in total. The van der Waals surface area contributed by atoms with Gasteiger partial charge in [0.25, 0.3) is 5.91 Å². The Morgan fingerprint density at radius 3 is 2.95 bits per heavy atom. The number of carbonyl (C=O) groups is 1. The van der Waals surface area contributed by atoms with Crippen molar-refractivity contribution in [2.24, 2.45) is 5.92 Å². The summed E-state index contributed by atoms with van der Waals surface area (Å²) in [5.41, 5.74) is 0.385. The van der Waals surface area contributed by atoms with Gasteiger partial charge < -0.3 is 10.2 Å². The van der Waals surface area contributed by atoms with Crippen molar-refractivity contribution in [3.63, 3.8) is 0 Å². The zero-order valence-corrected chi connectivity index (χ0v) is 13.1. The van der Waals surface area contributed by atoms with Crippen LogP contribution >= 0.6 is 11.6 Å². The number of rotatable bonds is 5. The molecule has 0 saturated carbocycles. The molecule has 21 heavy (non-hydrogen) atoms. The van der Waals surface area contributed by atoms with E-state index < -0.39 is 5.82 Å². The average molecular weight is 313 g/mol. The van der Waals surface area contributed by atoms with E-state index >= 15 is 0 Å². The summed E-state index contributed by atoms with van der Waals surface area (Å²) in [6, 6.07) is 3.95. The molecular formula is C16H22ClFN2O. The predicted octanol–water partition coefficient (Wildman–Crippen LogP) is 3.33. The SMILES string of the molecule is CCCN(CC1CCCNC1)C(=O)c1ccc(F)cc1Cl. The largest absolute Gasteiger partial charge is 0.338 e. The van der Waals surface area contributed by atoms with Gasteiger partial charge in [-0.15, -0.1) is 0 Å². The first-order valence-electron chi connectivity index (χ1n) is 7.57. The summed E-state index contributed by atoms with van der Waals surface area (Å²) in [6.45, 7) is 5.48. The minimum atomic E-state index is -0.421. The van der Waals surface area contributed by atoms with Gasteiger partial charge in [-0.2, -0.15) is 0 Å². The Kier molecular flexibility index (Phi) is 6.00. The van der Waals surface area contributed by atoms with E-state index in [1.54, 1.807) is 0 Å². The lowest BCUT2D eigenvalue weighted by molar-refractivity contribution is 0.0719. The van der Waals surface area contributed by atoms with Crippen molar-refractivity contribution in [3.05, 3.63) is 34.6 Å². The predicted molar refractivity (Wildman–Crippen MR) is 83.2 cm³/mol. The summed E-state index contributed by atoms with van der Waals surface area (Å²) >= 11 is 6.01. The Hall–Kier alpha value is -1.13. The quantitative estimate of drug-likeness (QED) is 0.904. The Labute approximate surface area is 130 Å². The van der Waals surface area contributed by atoms with Gasteiger partial charge in [0, 0.05) is 13.1 Å². The van der Waals surface area contributed by atoms with Gasteiger partial charge in [-0.1, -0.05) is 18.5 Å². The van der Waals surface area contributed by atoms with Gasteiger partial charge in [0.1, 0.15) is 5.82 Å². The molecule has 0 bridgehead atoms. The summed E-state index contributed by atoms with van der Waals surface area (Å²) in [7, 11) is 0. The Balaban J connectivity index is 2.10. The van der Waals surface area contributed by atoms with E-state index in [4.69, 9.17) is 11.6 Å². The van der Waals surface area contributed by atoms with Gasteiger partial charge in [0.05, 0.1) is 10.6 Å². The third kappa shape index (κ3) is 4.42. The van der Waals surface area contributed by atoms with Gasteiger partial charge in [0.15, 0.2) is 0 Å². The van der Waals surface area contributed by atoms with E-state index in [2.05, 4.69) is 5.32 Å². The number of nitrogens with one attached hydrogen (secondary N) is 1. The zero-order valence-electron chi connectivity index (χ0n) is 12.4. The van der Waals surface area contributed by atoms with Crippen molar-refractivity contribution < 1.29 is 9.18 Å². The van der Waals surface area contributed by atoms with E-state index in [0.29, 0.717) is 18.0 Å². The molecule has 5 heteroatoms. The lowest BCUT2D eigenvalue weighted by atomic mass is 9.98. The van der Waals surface area contributed by atoms with Crippen LogP contribution in [-0.2, 0) is 0 Å². The first-order chi connectivity index (χ1) is 10.1. The fourth-order valence-corrected chi connectivity index (χ4v) is 3.02. The van der Waals surface area contributed by atoms with Crippen LogP contribution in [0.2, 0.25) is 5.02 Å². The molecule has 1 aliphatic heterocycles. The molecule has 1 fully saturated rings. The lowest BCUT2D eigenvalue weighted by Crippen LogP contribution is -2.41. The summed E-state index contributed by atoms with van der Waals surface area (Å²) in [6.07, 6.45) is 3.18. The van der Waals surface area contributed by atoms with Crippen molar-refractivity contribution in [2.75, 3.05) is 26.2 Å². The number of hydrogen-bond acceptors (Lipinski definition) is 2. The summed E-state index contributed by atoms with van der Waals surface area (Å²) in [5.74, 6) is -0.0454. The van der Waals surface area contributed by atoms with Crippen LogP contribution in [0, 0.1) is 11.7 Å². The molecule has 1 aliphatic rings. The average Bonchev–Trinajstić information content (AvgIpc) is 2.47. The number of halogens is 2. The molecule has 1 heterocycles. The number of hydrogen-bond donors (Lipinski definition) is 1. The monoisotopic (exact) mass is 312 g/mol. The molecule has 1 aromatic carbocycles. The van der Waals surface area contributed by atoms with Crippen LogP contribution in [0.5, 0.6) is 0 Å². The van der Waals surface area contributed by atoms with Crippen molar-refractivity contribution >= 4 is 17.5 Å². The van der Waals surface area contributed by atoms with Crippen LogP contribution in [0.15, 0.2) is 18.2 Å². The molecule has 1 saturated heterocycles. The van der Waals surface area contributed by atoms with Gasteiger partial charge in [0.2, 0.25) is 0 Å². The third-order valence-electron chi connectivity index (χ3n) is 3.82. The lowest BCUT2D eigenvalue weighted by Gasteiger charge is -2.30. The van der Waals surface area contributed by atoms with Gasteiger partial charge in [-0.05, 0) is 56.5 Å². The molecule has 1 amide bonds. The van der Waals surface area contributed by atoms with E-state index in [1.807, 2.05) is 11.8 Å². The number of piperidine rings is 1. The Bertz CT molecular complexity index is 489. The molecule has 0 aromatic heterocycles. The second kappa shape index (κ2) is 7.76. The Morgan fingerprint density at radius 2 is 2.33 bits per heavy atom. The van der Waals surface area contributed by atoms with Crippen LogP contribution < -0.4 is 5.32 Å². The van der Waals surface area contributed by atoms with Crippen LogP contribution in [0.1, 0.15) is 36.5 Å². The standard InChI is InChI=1S/C16H22ClFN2O/c1-2-8-20(11-12-4-3-7-19-10-12)16(21)14-6-5-13(18)9-15(14)17/h5-6,9,12,19H,2-4,7-8,10-11H2,1H3. The molecule has 0 spiro atoms.